The minimum absolute atomic E-state index is 0.232. The predicted molar refractivity (Wildman–Crippen MR) is 85.9 cm³/mol. The smallest absolute Gasteiger partial charge is 0.393 e. The molecule has 0 aliphatic heterocycles. The van der Waals surface area contributed by atoms with E-state index >= 15 is 0 Å². The van der Waals surface area contributed by atoms with Crippen molar-refractivity contribution in [3.05, 3.63) is 24.3 Å². The maximum atomic E-state index is 11.0. The summed E-state index contributed by atoms with van der Waals surface area (Å²) in [4.78, 5) is 11.0. The monoisotopic (exact) mass is 305 g/mol. The van der Waals surface area contributed by atoms with Crippen molar-refractivity contribution in [3.8, 4) is 12.3 Å². The SMILES string of the molecule is C#CCC(O)/C=C/C=C/C1C(C)C1C(O)CCCC(=O)[O+]=C. The summed E-state index contributed by atoms with van der Waals surface area (Å²) in [5.74, 6) is 3.05. The van der Waals surface area contributed by atoms with Gasteiger partial charge in [0.1, 0.15) is 6.42 Å². The van der Waals surface area contributed by atoms with Gasteiger partial charge in [-0.3, -0.25) is 4.42 Å². The van der Waals surface area contributed by atoms with Gasteiger partial charge in [0.25, 0.3) is 0 Å². The molecule has 22 heavy (non-hydrogen) atoms. The highest BCUT2D eigenvalue weighted by Gasteiger charge is 2.48. The Balaban J connectivity index is 2.31. The Morgan fingerprint density at radius 3 is 2.82 bits per heavy atom. The second-order valence-electron chi connectivity index (χ2n) is 5.74. The van der Waals surface area contributed by atoms with E-state index in [1.165, 1.54) is 0 Å². The fourth-order valence-electron chi connectivity index (χ4n) is 2.73. The van der Waals surface area contributed by atoms with Crippen molar-refractivity contribution in [2.45, 2.75) is 44.8 Å². The molecule has 0 spiro atoms. The van der Waals surface area contributed by atoms with Gasteiger partial charge in [-0.25, -0.2) is 0 Å². The number of aliphatic hydroxyl groups is 2. The molecule has 1 saturated carbocycles. The van der Waals surface area contributed by atoms with Crippen molar-refractivity contribution in [2.75, 3.05) is 0 Å². The van der Waals surface area contributed by atoms with Crippen LogP contribution in [0.1, 0.15) is 32.6 Å². The zero-order valence-corrected chi connectivity index (χ0v) is 13.0. The Morgan fingerprint density at radius 2 is 2.18 bits per heavy atom. The number of carbonyl (C=O) groups excluding carboxylic acids is 2. The number of hydrogen-bond donors (Lipinski definition) is 2. The standard InChI is InChI=1S/C18H25O4/c1-4-8-14(19)9-5-6-10-15-13(2)18(15)16(20)11-7-12-17(21)22-3/h1,5-6,9-10,13-16,18-20H,3,7-8,11-12H2,2H3/q+1/b9-5+,10-6+. The maximum Gasteiger partial charge on any atom is 0.579 e. The lowest BCUT2D eigenvalue weighted by molar-refractivity contribution is -0.369. The molecule has 5 atom stereocenters. The van der Waals surface area contributed by atoms with Crippen LogP contribution in [0, 0.1) is 30.1 Å². The molecular formula is C18H25O4+. The molecule has 0 bridgehead atoms. The number of aliphatic hydroxyl groups excluding tert-OH is 2. The first-order valence-corrected chi connectivity index (χ1v) is 7.60. The fraction of sp³-hybridized carbons (Fsp3) is 0.556. The summed E-state index contributed by atoms with van der Waals surface area (Å²) < 4.78 is 4.33. The van der Waals surface area contributed by atoms with E-state index in [2.05, 4.69) is 24.1 Å². The lowest BCUT2D eigenvalue weighted by atomic mass is 10.1. The van der Waals surface area contributed by atoms with Crippen LogP contribution < -0.4 is 0 Å². The molecule has 120 valence electrons. The largest absolute Gasteiger partial charge is 0.579 e. The van der Waals surface area contributed by atoms with Gasteiger partial charge in [0.2, 0.25) is 0 Å². The van der Waals surface area contributed by atoms with Crippen LogP contribution in [0.15, 0.2) is 24.3 Å². The third-order valence-corrected chi connectivity index (χ3v) is 4.11. The third kappa shape index (κ3) is 5.97. The fourth-order valence-corrected chi connectivity index (χ4v) is 2.73. The van der Waals surface area contributed by atoms with Gasteiger partial charge in [-0.1, -0.05) is 31.2 Å². The molecule has 1 rings (SSSR count). The van der Waals surface area contributed by atoms with Crippen LogP contribution in [0.3, 0.4) is 0 Å². The van der Waals surface area contributed by atoms with E-state index in [0.717, 1.165) is 0 Å². The third-order valence-electron chi connectivity index (χ3n) is 4.11. The van der Waals surface area contributed by atoms with Gasteiger partial charge in [-0.05, 0) is 30.6 Å². The topological polar surface area (TPSA) is 68.8 Å². The second kappa shape index (κ2) is 9.34. The summed E-state index contributed by atoms with van der Waals surface area (Å²) in [7, 11) is 0. The highest BCUT2D eigenvalue weighted by atomic mass is 16.4. The first-order chi connectivity index (χ1) is 10.5. The first-order valence-electron chi connectivity index (χ1n) is 7.60. The van der Waals surface area contributed by atoms with Crippen molar-refractivity contribution in [1.29, 1.82) is 0 Å². The number of hydrogen-bond acceptors (Lipinski definition) is 3. The number of carbonyl (C=O) groups is 1. The Labute approximate surface area is 132 Å². The molecule has 4 heteroatoms. The highest BCUT2D eigenvalue weighted by molar-refractivity contribution is 5.66. The zero-order valence-electron chi connectivity index (χ0n) is 13.0. The van der Waals surface area contributed by atoms with Crippen molar-refractivity contribution >= 4 is 12.8 Å². The minimum Gasteiger partial charge on any atom is -0.393 e. The van der Waals surface area contributed by atoms with E-state index < -0.39 is 12.2 Å². The predicted octanol–water partition coefficient (Wildman–Crippen LogP) is 1.79. The van der Waals surface area contributed by atoms with Crippen LogP contribution in [-0.4, -0.2) is 35.2 Å². The molecule has 1 fully saturated rings. The Bertz CT molecular complexity index is 472. The van der Waals surface area contributed by atoms with Gasteiger partial charge in [0.05, 0.1) is 12.2 Å². The van der Waals surface area contributed by atoms with E-state index in [1.54, 1.807) is 12.2 Å². The van der Waals surface area contributed by atoms with Gasteiger partial charge in [0.15, 0.2) is 6.79 Å². The highest BCUT2D eigenvalue weighted by Crippen LogP contribution is 2.50. The summed E-state index contributed by atoms with van der Waals surface area (Å²) in [6.45, 7) is 5.17. The molecule has 0 aromatic carbocycles. The van der Waals surface area contributed by atoms with Crippen molar-refractivity contribution < 1.29 is 19.4 Å². The van der Waals surface area contributed by atoms with Crippen LogP contribution in [0.5, 0.6) is 0 Å². The van der Waals surface area contributed by atoms with E-state index in [-0.39, 0.29) is 18.3 Å². The molecule has 0 aromatic rings. The summed E-state index contributed by atoms with van der Waals surface area (Å²) in [5.41, 5.74) is 0. The quantitative estimate of drug-likeness (QED) is 0.388. The van der Waals surface area contributed by atoms with Gasteiger partial charge in [-0.2, -0.15) is 0 Å². The van der Waals surface area contributed by atoms with E-state index in [9.17, 15) is 15.0 Å². The second-order valence-corrected chi connectivity index (χ2v) is 5.74. The Hall–Kier alpha value is -1.70. The van der Waals surface area contributed by atoms with Gasteiger partial charge in [-0.15, -0.1) is 12.3 Å². The van der Waals surface area contributed by atoms with Crippen LogP contribution in [0.25, 0.3) is 0 Å². The molecule has 2 N–H and O–H groups in total. The molecular weight excluding hydrogens is 280 g/mol. The average molecular weight is 305 g/mol. The lowest BCUT2D eigenvalue weighted by Crippen LogP contribution is -2.12. The number of terminal acetylenes is 1. The van der Waals surface area contributed by atoms with E-state index in [4.69, 9.17) is 6.42 Å². The first kappa shape index (κ1) is 18.3. The molecule has 1 aliphatic carbocycles. The van der Waals surface area contributed by atoms with Gasteiger partial charge >= 0.3 is 5.97 Å². The van der Waals surface area contributed by atoms with E-state index in [1.807, 2.05) is 12.2 Å². The van der Waals surface area contributed by atoms with Crippen LogP contribution in [0.4, 0.5) is 0 Å². The maximum absolute atomic E-state index is 11.0. The summed E-state index contributed by atoms with van der Waals surface area (Å²) >= 11 is 0. The van der Waals surface area contributed by atoms with Crippen molar-refractivity contribution in [1.82, 2.24) is 0 Å². The molecule has 5 unspecified atom stereocenters. The molecule has 0 amide bonds. The van der Waals surface area contributed by atoms with Gasteiger partial charge in [0, 0.05) is 11.2 Å². The van der Waals surface area contributed by atoms with E-state index in [0.29, 0.717) is 31.1 Å². The van der Waals surface area contributed by atoms with Crippen LogP contribution in [0.2, 0.25) is 0 Å². The summed E-state index contributed by atoms with van der Waals surface area (Å²) in [5, 5.41) is 19.6. The van der Waals surface area contributed by atoms with Crippen molar-refractivity contribution in [3.63, 3.8) is 0 Å². The van der Waals surface area contributed by atoms with Crippen molar-refractivity contribution in [2.24, 2.45) is 17.8 Å². The number of rotatable bonds is 9. The lowest BCUT2D eigenvalue weighted by Gasteiger charge is -2.07. The molecule has 0 heterocycles. The Kier molecular flexibility index (Phi) is 7.79. The Morgan fingerprint density at radius 1 is 1.45 bits per heavy atom. The van der Waals surface area contributed by atoms with Crippen LogP contribution >= 0.6 is 0 Å². The molecule has 1 aliphatic rings. The summed E-state index contributed by atoms with van der Waals surface area (Å²) in [6, 6.07) is 0. The number of allylic oxidation sites excluding steroid dienone is 3. The zero-order chi connectivity index (χ0) is 16.5. The summed E-state index contributed by atoms with van der Waals surface area (Å²) in [6.07, 6.45) is 13.2. The van der Waals surface area contributed by atoms with Gasteiger partial charge < -0.3 is 10.2 Å². The minimum atomic E-state index is -0.611. The molecule has 0 aromatic heterocycles. The molecule has 0 radical (unpaired) electrons. The van der Waals surface area contributed by atoms with Crippen LogP contribution in [-0.2, 0) is 9.22 Å². The molecule has 0 saturated heterocycles. The average Bonchev–Trinajstić information content (AvgIpc) is 3.13. The normalized spacial score (nSPS) is 26.7. The molecule has 4 nitrogen and oxygen atoms in total.